The van der Waals surface area contributed by atoms with Crippen molar-refractivity contribution in [1.29, 1.82) is 0 Å². The van der Waals surface area contributed by atoms with Crippen molar-refractivity contribution in [2.24, 2.45) is 7.05 Å². The van der Waals surface area contributed by atoms with Crippen molar-refractivity contribution in [3.63, 3.8) is 0 Å². The molecule has 0 radical (unpaired) electrons. The molecule has 1 atom stereocenters. The van der Waals surface area contributed by atoms with Gasteiger partial charge < -0.3 is 9.47 Å². The third-order valence-electron chi connectivity index (χ3n) is 3.64. The molecule has 3 aromatic rings. The zero-order chi connectivity index (χ0) is 14.8. The summed E-state index contributed by atoms with van der Waals surface area (Å²) in [6.45, 7) is 2.12. The lowest BCUT2D eigenvalue weighted by molar-refractivity contribution is 0.720. The molecule has 6 nitrogen and oxygen atoms in total. The van der Waals surface area contributed by atoms with Gasteiger partial charge in [0.2, 0.25) is 0 Å². The Morgan fingerprint density at radius 1 is 1.10 bits per heavy atom. The van der Waals surface area contributed by atoms with E-state index in [0.717, 1.165) is 17.2 Å². The summed E-state index contributed by atoms with van der Waals surface area (Å²) in [7, 11) is 3.93. The zero-order valence-corrected chi connectivity index (χ0v) is 12.4. The molecule has 3 rings (SSSR count). The maximum atomic E-state index is 4.50. The molecular weight excluding hydrogens is 264 g/mol. The van der Waals surface area contributed by atoms with Crippen LogP contribution in [0, 0.1) is 0 Å². The van der Waals surface area contributed by atoms with Crippen LogP contribution in [-0.2, 0) is 7.05 Å². The van der Waals surface area contributed by atoms with Gasteiger partial charge in [0.1, 0.15) is 5.82 Å². The highest BCUT2D eigenvalue weighted by Gasteiger charge is 2.15. The second-order valence-corrected chi connectivity index (χ2v) is 5.06. The molecule has 3 heterocycles. The minimum atomic E-state index is 0.186. The SMILES string of the molecule is CC(c1cnn(C)c1)N(C)c1cnc(-n2cccc2)cn1. The fourth-order valence-corrected chi connectivity index (χ4v) is 2.20. The van der Waals surface area contributed by atoms with Crippen LogP contribution >= 0.6 is 0 Å². The summed E-state index contributed by atoms with van der Waals surface area (Å²) in [4.78, 5) is 11.1. The van der Waals surface area contributed by atoms with Gasteiger partial charge in [-0.05, 0) is 19.1 Å². The van der Waals surface area contributed by atoms with E-state index in [-0.39, 0.29) is 6.04 Å². The van der Waals surface area contributed by atoms with Crippen LogP contribution in [0.25, 0.3) is 5.82 Å². The molecule has 0 aliphatic rings. The first-order valence-corrected chi connectivity index (χ1v) is 6.82. The second kappa shape index (κ2) is 5.40. The quantitative estimate of drug-likeness (QED) is 0.736. The van der Waals surface area contributed by atoms with E-state index in [0.29, 0.717) is 0 Å². The molecule has 0 saturated heterocycles. The molecule has 0 fully saturated rings. The summed E-state index contributed by atoms with van der Waals surface area (Å²) < 4.78 is 3.74. The van der Waals surface area contributed by atoms with Crippen LogP contribution in [0.5, 0.6) is 0 Å². The van der Waals surface area contributed by atoms with Crippen molar-refractivity contribution in [2.45, 2.75) is 13.0 Å². The van der Waals surface area contributed by atoms with E-state index in [2.05, 4.69) is 26.9 Å². The molecule has 0 spiro atoms. The highest BCUT2D eigenvalue weighted by Crippen LogP contribution is 2.22. The summed E-state index contributed by atoms with van der Waals surface area (Å²) in [5, 5.41) is 4.21. The topological polar surface area (TPSA) is 51.8 Å². The Morgan fingerprint density at radius 3 is 2.43 bits per heavy atom. The van der Waals surface area contributed by atoms with Gasteiger partial charge in [-0.15, -0.1) is 0 Å². The number of aromatic nitrogens is 5. The first-order valence-electron chi connectivity index (χ1n) is 6.82. The molecule has 3 aromatic heterocycles. The summed E-state index contributed by atoms with van der Waals surface area (Å²) >= 11 is 0. The molecule has 0 aliphatic carbocycles. The van der Waals surface area contributed by atoms with E-state index >= 15 is 0 Å². The van der Waals surface area contributed by atoms with Gasteiger partial charge in [0, 0.05) is 38.2 Å². The van der Waals surface area contributed by atoms with Gasteiger partial charge in [-0.1, -0.05) is 0 Å². The summed E-state index contributed by atoms with van der Waals surface area (Å²) in [5.41, 5.74) is 1.15. The maximum Gasteiger partial charge on any atom is 0.155 e. The molecule has 0 N–H and O–H groups in total. The maximum absolute atomic E-state index is 4.50. The first kappa shape index (κ1) is 13.4. The molecule has 0 saturated carbocycles. The predicted molar refractivity (Wildman–Crippen MR) is 81.4 cm³/mol. The third kappa shape index (κ3) is 2.65. The van der Waals surface area contributed by atoms with Crippen LogP contribution < -0.4 is 4.90 Å². The van der Waals surface area contributed by atoms with Crippen molar-refractivity contribution < 1.29 is 0 Å². The molecule has 21 heavy (non-hydrogen) atoms. The van der Waals surface area contributed by atoms with Crippen LogP contribution in [0.2, 0.25) is 0 Å². The smallest absolute Gasteiger partial charge is 0.155 e. The Balaban J connectivity index is 1.80. The highest BCUT2D eigenvalue weighted by atomic mass is 15.3. The molecule has 0 aromatic carbocycles. The van der Waals surface area contributed by atoms with Gasteiger partial charge in [0.15, 0.2) is 5.82 Å². The highest BCUT2D eigenvalue weighted by molar-refractivity contribution is 5.40. The lowest BCUT2D eigenvalue weighted by atomic mass is 10.2. The van der Waals surface area contributed by atoms with E-state index in [1.807, 2.05) is 55.6 Å². The van der Waals surface area contributed by atoms with E-state index in [9.17, 15) is 0 Å². The summed E-state index contributed by atoms with van der Waals surface area (Å²) in [5.74, 6) is 1.65. The van der Waals surface area contributed by atoms with Gasteiger partial charge in [-0.25, -0.2) is 9.97 Å². The lowest BCUT2D eigenvalue weighted by Crippen LogP contribution is -2.22. The Morgan fingerprint density at radius 2 is 1.86 bits per heavy atom. The van der Waals surface area contributed by atoms with E-state index in [1.54, 1.807) is 17.1 Å². The molecule has 0 amide bonds. The average Bonchev–Trinajstić information content (AvgIpc) is 3.17. The van der Waals surface area contributed by atoms with Crippen molar-refractivity contribution in [3.05, 3.63) is 54.9 Å². The molecule has 108 valence electrons. The average molecular weight is 282 g/mol. The normalized spacial score (nSPS) is 12.3. The molecular formula is C15H18N6. The van der Waals surface area contributed by atoms with Crippen LogP contribution in [0.1, 0.15) is 18.5 Å². The third-order valence-corrected chi connectivity index (χ3v) is 3.64. The summed E-state index contributed by atoms with van der Waals surface area (Å²) in [6, 6.07) is 4.11. The van der Waals surface area contributed by atoms with E-state index in [1.165, 1.54) is 0 Å². The van der Waals surface area contributed by atoms with Crippen LogP contribution in [-0.4, -0.2) is 31.4 Å². The van der Waals surface area contributed by atoms with E-state index in [4.69, 9.17) is 0 Å². The molecule has 6 heteroatoms. The monoisotopic (exact) mass is 282 g/mol. The Hall–Kier alpha value is -2.63. The minimum Gasteiger partial charge on any atom is -0.352 e. The van der Waals surface area contributed by atoms with E-state index < -0.39 is 0 Å². The van der Waals surface area contributed by atoms with Gasteiger partial charge in [-0.3, -0.25) is 4.68 Å². The van der Waals surface area contributed by atoms with Crippen molar-refractivity contribution in [1.82, 2.24) is 24.3 Å². The van der Waals surface area contributed by atoms with Crippen molar-refractivity contribution in [2.75, 3.05) is 11.9 Å². The van der Waals surface area contributed by atoms with Gasteiger partial charge in [0.05, 0.1) is 24.6 Å². The molecule has 0 bridgehead atoms. The Kier molecular flexibility index (Phi) is 3.43. The standard InChI is InChI=1S/C15H18N6/c1-12(13-8-18-19(2)11-13)20(3)14-9-17-15(10-16-14)21-6-4-5-7-21/h4-12H,1-3H3. The van der Waals surface area contributed by atoms with Gasteiger partial charge >= 0.3 is 0 Å². The van der Waals surface area contributed by atoms with Gasteiger partial charge in [0.25, 0.3) is 0 Å². The number of nitrogens with zero attached hydrogens (tertiary/aromatic N) is 6. The molecule has 1 unspecified atom stereocenters. The van der Waals surface area contributed by atoms with Crippen LogP contribution in [0.4, 0.5) is 5.82 Å². The number of anilines is 1. The fourth-order valence-electron chi connectivity index (χ4n) is 2.20. The zero-order valence-electron chi connectivity index (χ0n) is 12.4. The minimum absolute atomic E-state index is 0.186. The first-order chi connectivity index (χ1) is 10.1. The largest absolute Gasteiger partial charge is 0.352 e. The predicted octanol–water partition coefficient (Wildman–Crippen LogP) is 2.20. The van der Waals surface area contributed by atoms with Crippen LogP contribution in [0.15, 0.2) is 49.3 Å². The fraction of sp³-hybridized carbons (Fsp3) is 0.267. The summed E-state index contributed by atoms with van der Waals surface area (Å²) in [6.07, 6.45) is 11.4. The number of hydrogen-bond acceptors (Lipinski definition) is 4. The number of rotatable bonds is 4. The Labute approximate surface area is 123 Å². The Bertz CT molecular complexity index is 698. The lowest BCUT2D eigenvalue weighted by Gasteiger charge is -2.24. The number of hydrogen-bond donors (Lipinski definition) is 0. The molecule has 0 aliphatic heterocycles. The number of aryl methyl sites for hydroxylation is 1. The van der Waals surface area contributed by atoms with Crippen molar-refractivity contribution >= 4 is 5.82 Å². The van der Waals surface area contributed by atoms with Gasteiger partial charge in [-0.2, -0.15) is 5.10 Å². The van der Waals surface area contributed by atoms with Crippen molar-refractivity contribution in [3.8, 4) is 5.82 Å². The second-order valence-electron chi connectivity index (χ2n) is 5.06. The van der Waals surface area contributed by atoms with Crippen LogP contribution in [0.3, 0.4) is 0 Å².